The lowest BCUT2D eigenvalue weighted by atomic mass is 9.72. The number of hydrogen-bond donors (Lipinski definition) is 1. The number of likely N-dealkylation sites (tertiary alicyclic amines) is 1. The van der Waals surface area contributed by atoms with Crippen molar-refractivity contribution in [2.24, 2.45) is 0 Å². The summed E-state index contributed by atoms with van der Waals surface area (Å²) in [5, 5.41) is 2.91. The van der Waals surface area contributed by atoms with Crippen LogP contribution in [-0.4, -0.2) is 46.7 Å². The maximum atomic E-state index is 13.2. The first-order chi connectivity index (χ1) is 18.1. The molecule has 7 nitrogen and oxygen atoms in total. The highest BCUT2D eigenvalue weighted by Crippen LogP contribution is 2.41. The number of benzene rings is 3. The van der Waals surface area contributed by atoms with Crippen molar-refractivity contribution in [2.45, 2.75) is 24.8 Å². The number of piperidine rings is 1. The number of carbonyl (C=O) groups excluding carboxylic acids is 2. The predicted molar refractivity (Wildman–Crippen MR) is 143 cm³/mol. The molecule has 3 aromatic carbocycles. The number of esters is 1. The van der Waals surface area contributed by atoms with Gasteiger partial charge in [-0.25, -0.2) is 14.6 Å². The normalized spacial score (nSPS) is 14.7. The number of methoxy groups -OCH3 is 1. The van der Waals surface area contributed by atoms with Crippen LogP contribution in [-0.2, 0) is 16.7 Å². The van der Waals surface area contributed by atoms with Gasteiger partial charge in [0.1, 0.15) is 5.82 Å². The maximum absolute atomic E-state index is 13.2. The van der Waals surface area contributed by atoms with Crippen LogP contribution in [0.2, 0.25) is 0 Å². The van der Waals surface area contributed by atoms with Crippen molar-refractivity contribution in [3.05, 3.63) is 120 Å². The van der Waals surface area contributed by atoms with E-state index in [1.54, 1.807) is 29.2 Å². The molecule has 0 aliphatic carbocycles. The van der Waals surface area contributed by atoms with E-state index in [0.29, 0.717) is 24.3 Å². The van der Waals surface area contributed by atoms with Crippen molar-refractivity contribution in [3.8, 4) is 0 Å². The Morgan fingerprint density at radius 3 is 2.27 bits per heavy atom. The van der Waals surface area contributed by atoms with E-state index in [4.69, 9.17) is 9.72 Å². The lowest BCUT2D eigenvalue weighted by Crippen LogP contribution is -2.48. The van der Waals surface area contributed by atoms with Gasteiger partial charge in [0.05, 0.1) is 23.8 Å². The van der Waals surface area contributed by atoms with Crippen molar-refractivity contribution in [2.75, 3.05) is 25.5 Å². The summed E-state index contributed by atoms with van der Waals surface area (Å²) in [6.45, 7) is 1.85. The van der Waals surface area contributed by atoms with Crippen LogP contribution in [0.5, 0.6) is 0 Å². The van der Waals surface area contributed by atoms with E-state index in [-0.39, 0.29) is 11.4 Å². The molecule has 1 aliphatic rings. The van der Waals surface area contributed by atoms with Gasteiger partial charge in [0.15, 0.2) is 0 Å². The zero-order chi connectivity index (χ0) is 25.7. The summed E-state index contributed by atoms with van der Waals surface area (Å²) in [6, 6.07) is 27.5. The van der Waals surface area contributed by atoms with Crippen LogP contribution in [0.4, 0.5) is 10.5 Å². The standard InChI is InChI=1S/C30H30N4O3/c1-37-27(35)25-14-8-9-15-26(25)32-29(36)33-19-16-30(17-20-33,24-12-6-3-7-13-24)28-31-18-21-34(28)22-23-10-4-2-5-11-23/h2-15,18,21H,16-17,19-20,22H2,1H3,(H,32,36). The zero-order valence-electron chi connectivity index (χ0n) is 20.8. The molecule has 0 saturated carbocycles. The number of aromatic nitrogens is 2. The first kappa shape index (κ1) is 24.3. The van der Waals surface area contributed by atoms with Gasteiger partial charge < -0.3 is 19.5 Å². The van der Waals surface area contributed by atoms with Gasteiger partial charge in [0.2, 0.25) is 0 Å². The summed E-state index contributed by atoms with van der Waals surface area (Å²) >= 11 is 0. The Morgan fingerprint density at radius 1 is 0.919 bits per heavy atom. The Kier molecular flexibility index (Phi) is 7.03. The third-order valence-electron chi connectivity index (χ3n) is 7.14. The van der Waals surface area contributed by atoms with Crippen molar-refractivity contribution in [1.82, 2.24) is 14.5 Å². The Bertz CT molecular complexity index is 1360. The average molecular weight is 495 g/mol. The number of rotatable bonds is 6. The Hall–Kier alpha value is -4.39. The molecule has 1 saturated heterocycles. The monoisotopic (exact) mass is 494 g/mol. The largest absolute Gasteiger partial charge is 0.465 e. The van der Waals surface area contributed by atoms with E-state index >= 15 is 0 Å². The van der Waals surface area contributed by atoms with E-state index in [2.05, 4.69) is 46.3 Å². The van der Waals surface area contributed by atoms with Crippen molar-refractivity contribution >= 4 is 17.7 Å². The number of nitrogens with zero attached hydrogens (tertiary/aromatic N) is 3. The van der Waals surface area contributed by atoms with Gasteiger partial charge in [-0.1, -0.05) is 72.8 Å². The molecule has 37 heavy (non-hydrogen) atoms. The maximum Gasteiger partial charge on any atom is 0.339 e. The molecule has 1 N–H and O–H groups in total. The van der Waals surface area contributed by atoms with Crippen LogP contribution in [0.15, 0.2) is 97.3 Å². The summed E-state index contributed by atoms with van der Waals surface area (Å²) in [7, 11) is 1.33. The number of ether oxygens (including phenoxy) is 1. The Labute approximate surface area is 216 Å². The molecule has 0 atom stereocenters. The number of carbonyl (C=O) groups is 2. The molecule has 7 heteroatoms. The van der Waals surface area contributed by atoms with Crippen molar-refractivity contribution < 1.29 is 14.3 Å². The second-order valence-electron chi connectivity index (χ2n) is 9.27. The minimum atomic E-state index is -0.483. The molecule has 1 aliphatic heterocycles. The average Bonchev–Trinajstić information content (AvgIpc) is 3.42. The van der Waals surface area contributed by atoms with Crippen molar-refractivity contribution in [1.29, 1.82) is 0 Å². The highest BCUT2D eigenvalue weighted by Gasteiger charge is 2.42. The molecule has 0 radical (unpaired) electrons. The minimum Gasteiger partial charge on any atom is -0.465 e. The lowest BCUT2D eigenvalue weighted by molar-refractivity contribution is 0.0602. The lowest BCUT2D eigenvalue weighted by Gasteiger charge is -2.42. The fraction of sp³-hybridized carbons (Fsp3) is 0.233. The van der Waals surface area contributed by atoms with Crippen LogP contribution >= 0.6 is 0 Å². The molecule has 1 aromatic heterocycles. The molecule has 2 heterocycles. The van der Waals surface area contributed by atoms with Gasteiger partial charge in [-0.2, -0.15) is 0 Å². The highest BCUT2D eigenvalue weighted by atomic mass is 16.5. The molecule has 4 aromatic rings. The van der Waals surface area contributed by atoms with Crippen LogP contribution in [0.25, 0.3) is 0 Å². The second kappa shape index (κ2) is 10.7. The smallest absolute Gasteiger partial charge is 0.339 e. The molecule has 5 rings (SSSR count). The molecule has 188 valence electrons. The fourth-order valence-corrected chi connectivity index (χ4v) is 5.20. The molecular weight excluding hydrogens is 464 g/mol. The fourth-order valence-electron chi connectivity index (χ4n) is 5.20. The number of urea groups is 1. The number of imidazole rings is 1. The van der Waals surface area contributed by atoms with Crippen LogP contribution < -0.4 is 5.32 Å². The molecule has 0 spiro atoms. The second-order valence-corrected chi connectivity index (χ2v) is 9.27. The molecular formula is C30H30N4O3. The zero-order valence-corrected chi connectivity index (χ0v) is 20.8. The van der Waals surface area contributed by atoms with Gasteiger partial charge in [-0.05, 0) is 36.1 Å². The number of nitrogens with one attached hydrogen (secondary N) is 1. The van der Waals surface area contributed by atoms with Gasteiger partial charge in [0, 0.05) is 32.0 Å². The van der Waals surface area contributed by atoms with E-state index in [1.807, 2.05) is 36.7 Å². The number of para-hydroxylation sites is 1. The quantitative estimate of drug-likeness (QED) is 0.368. The highest BCUT2D eigenvalue weighted by molar-refractivity contribution is 6.00. The van der Waals surface area contributed by atoms with Crippen LogP contribution in [0.1, 0.15) is 40.2 Å². The molecule has 1 fully saturated rings. The van der Waals surface area contributed by atoms with E-state index in [0.717, 1.165) is 25.2 Å². The number of amides is 2. The van der Waals surface area contributed by atoms with Crippen molar-refractivity contribution in [3.63, 3.8) is 0 Å². The van der Waals surface area contributed by atoms with Gasteiger partial charge in [-0.15, -0.1) is 0 Å². The minimum absolute atomic E-state index is 0.231. The van der Waals surface area contributed by atoms with E-state index < -0.39 is 5.97 Å². The van der Waals surface area contributed by atoms with Gasteiger partial charge in [-0.3, -0.25) is 0 Å². The topological polar surface area (TPSA) is 76.5 Å². The van der Waals surface area contributed by atoms with Gasteiger partial charge in [0.25, 0.3) is 0 Å². The summed E-state index contributed by atoms with van der Waals surface area (Å²) < 4.78 is 7.09. The molecule has 0 bridgehead atoms. The van der Waals surface area contributed by atoms with Crippen LogP contribution in [0.3, 0.4) is 0 Å². The predicted octanol–water partition coefficient (Wildman–Crippen LogP) is 5.33. The van der Waals surface area contributed by atoms with Crippen LogP contribution in [0, 0.1) is 0 Å². The third-order valence-corrected chi connectivity index (χ3v) is 7.14. The first-order valence-electron chi connectivity index (χ1n) is 12.4. The third kappa shape index (κ3) is 4.98. The van der Waals surface area contributed by atoms with E-state index in [9.17, 15) is 9.59 Å². The summed E-state index contributed by atoms with van der Waals surface area (Å²) in [5.41, 5.74) is 2.87. The Morgan fingerprint density at radius 2 is 1.57 bits per heavy atom. The van der Waals surface area contributed by atoms with E-state index in [1.165, 1.54) is 18.2 Å². The molecule has 2 amide bonds. The summed E-state index contributed by atoms with van der Waals surface area (Å²) in [5.74, 6) is 0.529. The first-order valence-corrected chi connectivity index (χ1v) is 12.4. The van der Waals surface area contributed by atoms with Gasteiger partial charge >= 0.3 is 12.0 Å². The summed E-state index contributed by atoms with van der Waals surface area (Å²) in [4.78, 5) is 32.0. The SMILES string of the molecule is COC(=O)c1ccccc1NC(=O)N1CCC(c2ccccc2)(c2nccn2Cc2ccccc2)CC1. The Balaban J connectivity index is 1.39. The number of hydrogen-bond acceptors (Lipinski definition) is 4. The summed E-state index contributed by atoms with van der Waals surface area (Å²) in [6.07, 6.45) is 5.37. The number of anilines is 1. The molecule has 0 unspecified atom stereocenters.